The van der Waals surface area contributed by atoms with Crippen LogP contribution in [0.2, 0.25) is 0 Å². The molecular formula is C13H20N9O10P2-. The minimum absolute atomic E-state index is 0.0125. The molecule has 2 aromatic heterocycles. The molecule has 21 heteroatoms. The number of nitrogens with zero attached hydrogens (tertiary/aromatic N) is 6. The van der Waals surface area contributed by atoms with E-state index in [1.807, 2.05) is 0 Å². The highest BCUT2D eigenvalue weighted by atomic mass is 31.3. The number of nitrogens with two attached hydrogens (primary N) is 1. The van der Waals surface area contributed by atoms with Crippen molar-refractivity contribution in [3.8, 4) is 0 Å². The zero-order chi connectivity index (χ0) is 25.3. The molecule has 0 saturated carbocycles. The van der Waals surface area contributed by atoms with Crippen molar-refractivity contribution in [1.82, 2.24) is 19.6 Å². The molecule has 19 nitrogen and oxygen atoms in total. The Morgan fingerprint density at radius 1 is 1.47 bits per heavy atom. The molecule has 1 fully saturated rings. The van der Waals surface area contributed by atoms with Gasteiger partial charge in [-0.1, -0.05) is 10.1 Å². The first-order valence-corrected chi connectivity index (χ1v) is 12.4. The lowest BCUT2D eigenvalue weighted by molar-refractivity contribution is -0.745. The number of aliphatic hydroxyl groups is 2. The normalized spacial score (nSPS) is 26.1. The summed E-state index contributed by atoms with van der Waals surface area (Å²) in [4.78, 5) is 44.4. The Labute approximate surface area is 189 Å². The number of azide groups is 1. The zero-order valence-electron chi connectivity index (χ0n) is 17.3. The quantitative estimate of drug-likeness (QED) is 0.0507. The van der Waals surface area contributed by atoms with E-state index >= 15 is 0 Å². The predicted molar refractivity (Wildman–Crippen MR) is 106 cm³/mol. The summed E-state index contributed by atoms with van der Waals surface area (Å²) in [6.07, 6.45) is -4.73. The van der Waals surface area contributed by atoms with Crippen molar-refractivity contribution >= 4 is 32.7 Å². The van der Waals surface area contributed by atoms with Gasteiger partial charge >= 0.3 is 5.65 Å². The van der Waals surface area contributed by atoms with E-state index in [2.05, 4.69) is 28.8 Å². The zero-order valence-corrected chi connectivity index (χ0v) is 19.1. The van der Waals surface area contributed by atoms with Gasteiger partial charge in [-0.15, -0.1) is 0 Å². The molecule has 6 N–H and O–H groups in total. The fraction of sp³-hybridized carbons (Fsp3) is 0.615. The van der Waals surface area contributed by atoms with E-state index in [9.17, 15) is 33.9 Å². The van der Waals surface area contributed by atoms with E-state index in [1.165, 1.54) is 22.5 Å². The number of anilines is 1. The van der Waals surface area contributed by atoms with Gasteiger partial charge in [0, 0.05) is 18.0 Å². The number of nitrogens with one attached hydrogen (secondary N) is 2. The van der Waals surface area contributed by atoms with Gasteiger partial charge in [-0.25, -0.2) is 4.57 Å². The van der Waals surface area contributed by atoms with Crippen molar-refractivity contribution in [3.05, 3.63) is 27.1 Å². The van der Waals surface area contributed by atoms with Crippen molar-refractivity contribution in [3.63, 3.8) is 0 Å². The molecule has 1 aliphatic rings. The molecule has 3 rings (SSSR count). The third-order valence-corrected chi connectivity index (χ3v) is 7.32. The lowest BCUT2D eigenvalue weighted by Gasteiger charge is -2.32. The predicted octanol–water partition coefficient (Wildman–Crippen LogP) is -3.38. The third-order valence-electron chi connectivity index (χ3n) is 4.59. The highest BCUT2D eigenvalue weighted by Gasteiger charge is 2.47. The minimum atomic E-state index is -5.46. The maximum atomic E-state index is 12.1. The number of aromatic nitrogens is 4. The Hall–Kier alpha value is -2.40. The average Bonchev–Trinajstić information content (AvgIpc) is 3.19. The highest BCUT2D eigenvalue weighted by Crippen LogP contribution is 2.52. The number of fused-ring (bicyclic) bond motifs is 1. The maximum Gasteiger partial charge on any atom is 0.313 e. The summed E-state index contributed by atoms with van der Waals surface area (Å²) in [5.41, 5.74) is 13.2. The monoisotopic (exact) mass is 524 g/mol. The molecule has 6 atom stereocenters. The number of imidazole rings is 1. The molecular weight excluding hydrogens is 504 g/mol. The number of phosphoric acid groups is 1. The standard InChI is InChI=1S/C13H21N9O10P2/c1-21-5-22(10-7(21)11(25)19-13(14)18-10)12-9(24)8(23)6(31-12)4-30-34(28,29)32-33(26,27)17-3-2-16-20-15/h5-6,8-9,12,23-24H,2-4H2,1H3,(H5-,14,17,18,19,25,26,27,28,29)/p-1/t6-,8?,9+,12-/m1/s1. The molecule has 0 radical (unpaired) electrons. The number of H-pyrrole nitrogens is 1. The van der Waals surface area contributed by atoms with Gasteiger partial charge in [0.2, 0.25) is 19.5 Å². The second-order valence-corrected chi connectivity index (χ2v) is 10.1. The van der Waals surface area contributed by atoms with E-state index in [1.54, 1.807) is 5.09 Å². The van der Waals surface area contributed by atoms with E-state index in [0.29, 0.717) is 0 Å². The lowest BCUT2D eigenvalue weighted by atomic mass is 10.1. The van der Waals surface area contributed by atoms with Crippen LogP contribution in [0.15, 0.2) is 16.2 Å². The van der Waals surface area contributed by atoms with Gasteiger partial charge in [0.25, 0.3) is 19.3 Å². The number of phosphoric ester groups is 1. The minimum Gasteiger partial charge on any atom is -0.766 e. The Bertz CT molecular complexity index is 1260. The van der Waals surface area contributed by atoms with Crippen LogP contribution in [0.1, 0.15) is 6.23 Å². The summed E-state index contributed by atoms with van der Waals surface area (Å²) < 4.78 is 40.1. The summed E-state index contributed by atoms with van der Waals surface area (Å²) >= 11 is 0. The van der Waals surface area contributed by atoms with Crippen molar-refractivity contribution < 1.29 is 47.3 Å². The number of aryl methyl sites for hydroxylation is 1. The largest absolute Gasteiger partial charge is 0.766 e. The molecule has 0 aromatic carbocycles. The van der Waals surface area contributed by atoms with Crippen LogP contribution in [0.25, 0.3) is 21.6 Å². The summed E-state index contributed by atoms with van der Waals surface area (Å²) in [7, 11) is -9.08. The van der Waals surface area contributed by atoms with Crippen molar-refractivity contribution in [2.24, 2.45) is 12.2 Å². The molecule has 0 bridgehead atoms. The Morgan fingerprint density at radius 2 is 2.18 bits per heavy atom. The summed E-state index contributed by atoms with van der Waals surface area (Å²) in [5.74, 6) is -0.218. The van der Waals surface area contributed by atoms with Crippen LogP contribution in [0.3, 0.4) is 0 Å². The Morgan fingerprint density at radius 3 is 2.85 bits per heavy atom. The SMILES string of the molecule is Cn1c[n+]([C@@H]2O[C@H](COP(=O)([O-])OP(=O)([O-])NCCN=[N+]=[N-])C(O)[C@@H]2O)c2nc(N)[nH]c(=O)c21. The van der Waals surface area contributed by atoms with Crippen molar-refractivity contribution in [1.29, 1.82) is 0 Å². The van der Waals surface area contributed by atoms with Crippen LogP contribution in [0, 0.1) is 0 Å². The number of aromatic amines is 1. The number of hydrogen-bond acceptors (Lipinski definition) is 13. The number of nitrogen functional groups attached to an aromatic ring is 1. The van der Waals surface area contributed by atoms with Crippen LogP contribution in [0.4, 0.5) is 5.95 Å². The lowest BCUT2D eigenvalue weighted by Crippen LogP contribution is -2.46. The van der Waals surface area contributed by atoms with E-state index in [-0.39, 0.29) is 23.7 Å². The fourth-order valence-corrected chi connectivity index (χ4v) is 5.36. The van der Waals surface area contributed by atoms with Gasteiger partial charge in [0.1, 0.15) is 18.3 Å². The highest BCUT2D eigenvalue weighted by molar-refractivity contribution is 7.61. The van der Waals surface area contributed by atoms with E-state index in [0.717, 1.165) is 0 Å². The molecule has 2 aromatic rings. The van der Waals surface area contributed by atoms with Gasteiger partial charge in [0.15, 0.2) is 6.33 Å². The van der Waals surface area contributed by atoms with E-state index < -0.39 is 58.8 Å². The van der Waals surface area contributed by atoms with Crippen LogP contribution in [-0.2, 0) is 29.7 Å². The van der Waals surface area contributed by atoms with Crippen LogP contribution >= 0.6 is 15.6 Å². The summed E-state index contributed by atoms with van der Waals surface area (Å²) in [6.45, 7) is -1.64. The number of hydrogen-bond donors (Lipinski definition) is 5. The fourth-order valence-electron chi connectivity index (χ4n) is 3.18. The third kappa shape index (κ3) is 5.80. The molecule has 188 valence electrons. The molecule has 34 heavy (non-hydrogen) atoms. The second-order valence-electron chi connectivity index (χ2n) is 6.99. The van der Waals surface area contributed by atoms with Crippen molar-refractivity contribution in [2.45, 2.75) is 24.5 Å². The number of rotatable bonds is 10. The molecule has 0 aliphatic carbocycles. The van der Waals surface area contributed by atoms with Crippen LogP contribution < -0.4 is 30.7 Å². The first kappa shape index (κ1) is 26.2. The Balaban J connectivity index is 1.70. The smallest absolute Gasteiger partial charge is 0.313 e. The Kier molecular flexibility index (Phi) is 7.76. The summed E-state index contributed by atoms with van der Waals surface area (Å²) in [6, 6.07) is 0. The molecule has 3 unspecified atom stereocenters. The molecule has 0 spiro atoms. The number of ether oxygens (including phenoxy) is 1. The molecule has 1 aliphatic heterocycles. The topological polar surface area (TPSA) is 290 Å². The first-order valence-electron chi connectivity index (χ1n) is 9.37. The average molecular weight is 524 g/mol. The van der Waals surface area contributed by atoms with Crippen molar-refractivity contribution in [2.75, 3.05) is 25.4 Å². The van der Waals surface area contributed by atoms with Gasteiger partial charge in [-0.2, -0.15) is 0 Å². The summed E-state index contributed by atoms with van der Waals surface area (Å²) in [5, 5.41) is 25.5. The van der Waals surface area contributed by atoms with Crippen LogP contribution in [-0.4, -0.2) is 62.8 Å². The second kappa shape index (κ2) is 10.1. The number of aliphatic hydroxyl groups excluding tert-OH is 2. The van der Waals surface area contributed by atoms with Gasteiger partial charge < -0.3 is 35.0 Å². The van der Waals surface area contributed by atoms with Crippen LogP contribution in [0.5, 0.6) is 0 Å². The first-order chi connectivity index (χ1) is 15.8. The van der Waals surface area contributed by atoms with E-state index in [4.69, 9.17) is 16.0 Å². The molecule has 0 amide bonds. The molecule has 1 saturated heterocycles. The van der Waals surface area contributed by atoms with Gasteiger partial charge in [0.05, 0.1) is 13.7 Å². The molecule has 3 heterocycles. The van der Waals surface area contributed by atoms with Gasteiger partial charge in [-0.05, 0) is 5.53 Å². The maximum absolute atomic E-state index is 12.1. The van der Waals surface area contributed by atoms with Gasteiger partial charge in [-0.3, -0.25) is 32.9 Å².